The van der Waals surface area contributed by atoms with Crippen LogP contribution in [-0.4, -0.2) is 15.1 Å². The Hall–Kier alpha value is -0.310. The summed E-state index contributed by atoms with van der Waals surface area (Å²) in [4.78, 5) is 0. The normalized spacial score (nSPS) is 12.0. The van der Waals surface area contributed by atoms with Gasteiger partial charge in [0.2, 0.25) is 0 Å². The molecule has 1 rings (SSSR count). The van der Waals surface area contributed by atoms with E-state index in [1.807, 2.05) is 17.9 Å². The molecule has 0 aliphatic carbocycles. The number of aryl methyl sites for hydroxylation is 1. The first-order valence-corrected chi connectivity index (χ1v) is 4.74. The van der Waals surface area contributed by atoms with E-state index < -0.39 is 0 Å². The van der Waals surface area contributed by atoms with Gasteiger partial charge < -0.3 is 0 Å². The maximum Gasteiger partial charge on any atom is 0.0492 e. The molecule has 0 atom stereocenters. The number of aromatic nitrogens is 2. The van der Waals surface area contributed by atoms with E-state index in [1.165, 1.54) is 5.69 Å². The van der Waals surface area contributed by atoms with Gasteiger partial charge in [0, 0.05) is 29.7 Å². The highest BCUT2D eigenvalue weighted by molar-refractivity contribution is 9.09. The lowest BCUT2D eigenvalue weighted by atomic mass is 9.92. The summed E-state index contributed by atoms with van der Waals surface area (Å²) >= 11 is 3.49. The SMILES string of the molecule is Cn1nccc1C(C)(C)CBr. The topological polar surface area (TPSA) is 17.8 Å². The molecule has 0 amide bonds. The Morgan fingerprint density at radius 1 is 1.64 bits per heavy atom. The monoisotopic (exact) mass is 216 g/mol. The van der Waals surface area contributed by atoms with E-state index in [0.717, 1.165) is 5.33 Å². The average Bonchev–Trinajstić information content (AvgIpc) is 2.36. The molecule has 0 fully saturated rings. The van der Waals surface area contributed by atoms with Crippen molar-refractivity contribution in [2.45, 2.75) is 19.3 Å². The van der Waals surface area contributed by atoms with Crippen LogP contribution >= 0.6 is 15.9 Å². The van der Waals surface area contributed by atoms with Gasteiger partial charge in [-0.1, -0.05) is 29.8 Å². The molecule has 0 spiro atoms. The first kappa shape index (κ1) is 8.78. The molecular weight excluding hydrogens is 204 g/mol. The van der Waals surface area contributed by atoms with Crippen LogP contribution in [0.4, 0.5) is 0 Å². The highest BCUT2D eigenvalue weighted by atomic mass is 79.9. The van der Waals surface area contributed by atoms with Gasteiger partial charge in [-0.2, -0.15) is 5.10 Å². The predicted molar refractivity (Wildman–Crippen MR) is 50.0 cm³/mol. The third-order valence-corrected chi connectivity index (χ3v) is 3.25. The summed E-state index contributed by atoms with van der Waals surface area (Å²) in [6, 6.07) is 2.06. The highest BCUT2D eigenvalue weighted by Gasteiger charge is 2.21. The minimum absolute atomic E-state index is 0.172. The van der Waals surface area contributed by atoms with E-state index >= 15 is 0 Å². The number of hydrogen-bond donors (Lipinski definition) is 0. The summed E-state index contributed by atoms with van der Waals surface area (Å²) in [5.74, 6) is 0. The fourth-order valence-electron chi connectivity index (χ4n) is 1.11. The third-order valence-electron chi connectivity index (χ3n) is 1.85. The van der Waals surface area contributed by atoms with Gasteiger partial charge in [-0.05, 0) is 6.07 Å². The molecule has 1 aromatic heterocycles. The lowest BCUT2D eigenvalue weighted by Gasteiger charge is -2.21. The molecule has 2 nitrogen and oxygen atoms in total. The van der Waals surface area contributed by atoms with Crippen molar-refractivity contribution in [3.05, 3.63) is 18.0 Å². The van der Waals surface area contributed by atoms with E-state index in [1.54, 1.807) is 0 Å². The second-order valence-electron chi connectivity index (χ2n) is 3.36. The second-order valence-corrected chi connectivity index (χ2v) is 3.92. The van der Waals surface area contributed by atoms with Crippen molar-refractivity contribution in [1.82, 2.24) is 9.78 Å². The van der Waals surface area contributed by atoms with Gasteiger partial charge in [-0.3, -0.25) is 4.68 Å². The molecule has 1 aromatic rings. The van der Waals surface area contributed by atoms with Gasteiger partial charge in [0.25, 0.3) is 0 Å². The Balaban J connectivity index is 3.00. The molecular formula is C8H13BrN2. The van der Waals surface area contributed by atoms with Crippen molar-refractivity contribution >= 4 is 15.9 Å². The smallest absolute Gasteiger partial charge is 0.0492 e. The summed E-state index contributed by atoms with van der Waals surface area (Å²) < 4.78 is 1.92. The quantitative estimate of drug-likeness (QED) is 0.693. The molecule has 0 bridgehead atoms. The lowest BCUT2D eigenvalue weighted by Crippen LogP contribution is -2.22. The summed E-state index contributed by atoms with van der Waals surface area (Å²) in [5.41, 5.74) is 1.43. The van der Waals surface area contributed by atoms with Crippen LogP contribution in [0.25, 0.3) is 0 Å². The van der Waals surface area contributed by atoms with Gasteiger partial charge in [-0.25, -0.2) is 0 Å². The van der Waals surface area contributed by atoms with Gasteiger partial charge >= 0.3 is 0 Å². The Bertz CT molecular complexity index is 240. The van der Waals surface area contributed by atoms with Crippen LogP contribution in [0, 0.1) is 0 Å². The van der Waals surface area contributed by atoms with Crippen molar-refractivity contribution in [3.63, 3.8) is 0 Å². The molecule has 62 valence electrons. The van der Waals surface area contributed by atoms with Crippen LogP contribution in [0.15, 0.2) is 12.3 Å². The number of nitrogens with zero attached hydrogens (tertiary/aromatic N) is 2. The van der Waals surface area contributed by atoms with Crippen LogP contribution in [-0.2, 0) is 12.5 Å². The maximum absolute atomic E-state index is 4.13. The van der Waals surface area contributed by atoms with Crippen LogP contribution in [0.1, 0.15) is 19.5 Å². The molecule has 3 heteroatoms. The molecule has 0 unspecified atom stereocenters. The lowest BCUT2D eigenvalue weighted by molar-refractivity contribution is 0.535. The minimum Gasteiger partial charge on any atom is -0.272 e. The fraction of sp³-hybridized carbons (Fsp3) is 0.625. The Morgan fingerprint density at radius 3 is 2.64 bits per heavy atom. The first-order chi connectivity index (χ1) is 5.08. The summed E-state index contributed by atoms with van der Waals surface area (Å²) in [7, 11) is 1.97. The fourth-order valence-corrected chi connectivity index (χ4v) is 1.39. The van der Waals surface area contributed by atoms with Crippen molar-refractivity contribution in [1.29, 1.82) is 0 Å². The van der Waals surface area contributed by atoms with E-state index in [9.17, 15) is 0 Å². The largest absolute Gasteiger partial charge is 0.272 e. The molecule has 11 heavy (non-hydrogen) atoms. The van der Waals surface area contributed by atoms with Crippen molar-refractivity contribution in [3.8, 4) is 0 Å². The minimum atomic E-state index is 0.172. The van der Waals surface area contributed by atoms with Crippen LogP contribution in [0.2, 0.25) is 0 Å². The zero-order chi connectivity index (χ0) is 8.48. The van der Waals surface area contributed by atoms with E-state index in [-0.39, 0.29) is 5.41 Å². The molecule has 0 aliphatic rings. The van der Waals surface area contributed by atoms with Crippen molar-refractivity contribution in [2.75, 3.05) is 5.33 Å². The van der Waals surface area contributed by atoms with Gasteiger partial charge in [0.05, 0.1) is 0 Å². The Morgan fingerprint density at radius 2 is 2.27 bits per heavy atom. The molecule has 0 radical (unpaired) electrons. The molecule has 0 aromatic carbocycles. The molecule has 0 N–H and O–H groups in total. The van der Waals surface area contributed by atoms with Crippen LogP contribution in [0.3, 0.4) is 0 Å². The maximum atomic E-state index is 4.13. The zero-order valence-electron chi connectivity index (χ0n) is 7.13. The van der Waals surface area contributed by atoms with E-state index in [4.69, 9.17) is 0 Å². The Labute approximate surface area is 75.7 Å². The number of hydrogen-bond acceptors (Lipinski definition) is 1. The summed E-state index contributed by atoms with van der Waals surface area (Å²) in [5, 5.41) is 5.08. The zero-order valence-corrected chi connectivity index (χ0v) is 8.72. The molecule has 0 saturated carbocycles. The summed E-state index contributed by atoms with van der Waals surface area (Å²) in [6.07, 6.45) is 1.83. The van der Waals surface area contributed by atoms with E-state index in [2.05, 4.69) is 40.9 Å². The average molecular weight is 217 g/mol. The molecule has 0 saturated heterocycles. The number of rotatable bonds is 2. The van der Waals surface area contributed by atoms with E-state index in [0.29, 0.717) is 0 Å². The van der Waals surface area contributed by atoms with Crippen molar-refractivity contribution < 1.29 is 0 Å². The number of halogens is 1. The van der Waals surface area contributed by atoms with Gasteiger partial charge in [-0.15, -0.1) is 0 Å². The van der Waals surface area contributed by atoms with Gasteiger partial charge in [0.1, 0.15) is 0 Å². The predicted octanol–water partition coefficient (Wildman–Crippen LogP) is 2.09. The summed E-state index contributed by atoms with van der Waals surface area (Å²) in [6.45, 7) is 4.39. The third kappa shape index (κ3) is 1.64. The molecule has 1 heterocycles. The first-order valence-electron chi connectivity index (χ1n) is 3.62. The Kier molecular flexibility index (Phi) is 2.37. The standard InChI is InChI=1S/C8H13BrN2/c1-8(2,6-9)7-4-5-10-11(7)3/h4-5H,6H2,1-3H3. The number of alkyl halides is 1. The van der Waals surface area contributed by atoms with Gasteiger partial charge in [0.15, 0.2) is 0 Å². The molecule has 0 aliphatic heterocycles. The second kappa shape index (κ2) is 2.97. The highest BCUT2D eigenvalue weighted by Crippen LogP contribution is 2.23. The van der Waals surface area contributed by atoms with Crippen molar-refractivity contribution in [2.24, 2.45) is 7.05 Å². The van der Waals surface area contributed by atoms with Crippen LogP contribution < -0.4 is 0 Å². The van der Waals surface area contributed by atoms with Crippen LogP contribution in [0.5, 0.6) is 0 Å².